The Morgan fingerprint density at radius 1 is 1.33 bits per heavy atom. The van der Waals surface area contributed by atoms with Gasteiger partial charge < -0.3 is 10.2 Å². The molecule has 0 bridgehead atoms. The highest BCUT2D eigenvalue weighted by molar-refractivity contribution is 5.98. The first-order valence-corrected chi connectivity index (χ1v) is 7.07. The molecule has 1 heterocycles. The minimum Gasteiger partial charge on any atom is -0.308 e. The molecule has 1 unspecified atom stereocenters. The Morgan fingerprint density at radius 2 is 2.10 bits per heavy atom. The second kappa shape index (κ2) is 5.40. The maximum absolute atomic E-state index is 14.1. The Kier molecular flexibility index (Phi) is 3.59. The lowest BCUT2D eigenvalue weighted by atomic mass is 10.0. The number of nitrogens with zero attached hydrogens (tertiary/aromatic N) is 2. The van der Waals surface area contributed by atoms with Crippen LogP contribution in [0.4, 0.5) is 15.8 Å². The monoisotopic (exact) mass is 293 g/mol. The van der Waals surface area contributed by atoms with E-state index >= 15 is 0 Å². The van der Waals surface area contributed by atoms with Gasteiger partial charge in [-0.3, -0.25) is 14.9 Å². The van der Waals surface area contributed by atoms with Crippen LogP contribution in [0.15, 0.2) is 18.2 Å². The first-order chi connectivity index (χ1) is 10.1. The number of piperidine rings is 1. The summed E-state index contributed by atoms with van der Waals surface area (Å²) in [5, 5.41) is 13.9. The highest BCUT2D eigenvalue weighted by atomic mass is 19.1. The molecule has 112 valence electrons. The largest absolute Gasteiger partial charge is 0.308 e. The van der Waals surface area contributed by atoms with E-state index in [4.69, 9.17) is 0 Å². The van der Waals surface area contributed by atoms with E-state index < -0.39 is 10.7 Å². The summed E-state index contributed by atoms with van der Waals surface area (Å²) in [5.41, 5.74) is -0.193. The van der Waals surface area contributed by atoms with Crippen molar-refractivity contribution in [3.05, 3.63) is 34.1 Å². The fraction of sp³-hybridized carbons (Fsp3) is 0.500. The minimum absolute atomic E-state index is 0.118. The van der Waals surface area contributed by atoms with Gasteiger partial charge in [-0.1, -0.05) is 0 Å². The van der Waals surface area contributed by atoms with Crippen LogP contribution in [-0.4, -0.2) is 29.5 Å². The van der Waals surface area contributed by atoms with Gasteiger partial charge in [-0.25, -0.2) is 4.39 Å². The third kappa shape index (κ3) is 2.87. The lowest BCUT2D eigenvalue weighted by Crippen LogP contribution is -2.51. The van der Waals surface area contributed by atoms with Crippen molar-refractivity contribution in [3.63, 3.8) is 0 Å². The third-order valence-electron chi connectivity index (χ3n) is 3.89. The number of anilines is 1. The fourth-order valence-corrected chi connectivity index (χ4v) is 2.63. The number of hydrogen-bond donors (Lipinski definition) is 1. The molecule has 0 radical (unpaired) electrons. The lowest BCUT2D eigenvalue weighted by Gasteiger charge is -2.33. The number of rotatable bonds is 4. The average Bonchev–Trinajstić information content (AvgIpc) is 3.25. The van der Waals surface area contributed by atoms with Crippen LogP contribution in [0.3, 0.4) is 0 Å². The van der Waals surface area contributed by atoms with Gasteiger partial charge in [0.1, 0.15) is 0 Å². The van der Waals surface area contributed by atoms with E-state index in [2.05, 4.69) is 5.32 Å². The van der Waals surface area contributed by atoms with Gasteiger partial charge in [0.15, 0.2) is 5.82 Å². The molecule has 1 aromatic carbocycles. The number of benzene rings is 1. The van der Waals surface area contributed by atoms with Gasteiger partial charge >= 0.3 is 0 Å². The van der Waals surface area contributed by atoms with Gasteiger partial charge in [0.2, 0.25) is 5.91 Å². The first-order valence-electron chi connectivity index (χ1n) is 7.07. The van der Waals surface area contributed by atoms with E-state index in [1.807, 2.05) is 0 Å². The van der Waals surface area contributed by atoms with E-state index in [9.17, 15) is 19.3 Å². The third-order valence-corrected chi connectivity index (χ3v) is 3.89. The smallest absolute Gasteiger partial charge is 0.272 e. The van der Waals surface area contributed by atoms with E-state index in [1.54, 1.807) is 0 Å². The number of nitro benzene ring substituents is 1. The molecule has 1 saturated carbocycles. The number of hydrogen-bond acceptors (Lipinski definition) is 4. The van der Waals surface area contributed by atoms with Crippen molar-refractivity contribution in [1.82, 2.24) is 5.32 Å². The summed E-state index contributed by atoms with van der Waals surface area (Å²) in [5.74, 6) is -0.884. The van der Waals surface area contributed by atoms with Crippen LogP contribution in [0.5, 0.6) is 0 Å². The second-order valence-electron chi connectivity index (χ2n) is 5.52. The average molecular weight is 293 g/mol. The molecule has 0 spiro atoms. The van der Waals surface area contributed by atoms with Crippen LogP contribution in [0, 0.1) is 15.9 Å². The van der Waals surface area contributed by atoms with E-state index in [1.165, 1.54) is 17.0 Å². The number of halogens is 1. The highest BCUT2D eigenvalue weighted by Crippen LogP contribution is 2.28. The second-order valence-corrected chi connectivity index (χ2v) is 5.52. The molecule has 3 rings (SSSR count). The van der Waals surface area contributed by atoms with Crippen LogP contribution in [0.2, 0.25) is 0 Å². The van der Waals surface area contributed by atoms with Gasteiger partial charge in [-0.05, 0) is 31.7 Å². The maximum atomic E-state index is 14.1. The number of nitrogens with one attached hydrogen (secondary N) is 1. The van der Waals surface area contributed by atoms with Crippen molar-refractivity contribution < 1.29 is 14.1 Å². The Bertz CT molecular complexity index is 589. The minimum atomic E-state index is -0.732. The van der Waals surface area contributed by atoms with E-state index in [-0.39, 0.29) is 23.3 Å². The van der Waals surface area contributed by atoms with Gasteiger partial charge in [0.25, 0.3) is 5.69 Å². The van der Waals surface area contributed by atoms with Gasteiger partial charge in [-0.15, -0.1) is 0 Å². The lowest BCUT2D eigenvalue weighted by molar-refractivity contribution is -0.385. The highest BCUT2D eigenvalue weighted by Gasteiger charge is 2.34. The van der Waals surface area contributed by atoms with Crippen LogP contribution in [0.25, 0.3) is 0 Å². The summed E-state index contributed by atoms with van der Waals surface area (Å²) >= 11 is 0. The zero-order valence-corrected chi connectivity index (χ0v) is 11.4. The summed E-state index contributed by atoms with van der Waals surface area (Å²) in [4.78, 5) is 23.8. The van der Waals surface area contributed by atoms with Gasteiger partial charge in [0, 0.05) is 18.7 Å². The van der Waals surface area contributed by atoms with E-state index in [0.29, 0.717) is 12.6 Å². The molecule has 2 fully saturated rings. The molecule has 1 saturated heterocycles. The predicted octanol–water partition coefficient (Wildman–Crippen LogP) is 1.98. The van der Waals surface area contributed by atoms with Crippen molar-refractivity contribution in [2.24, 2.45) is 0 Å². The normalized spacial score (nSPS) is 22.4. The summed E-state index contributed by atoms with van der Waals surface area (Å²) in [7, 11) is 0. The molecule has 7 heteroatoms. The molecule has 1 atom stereocenters. The summed E-state index contributed by atoms with van der Waals surface area (Å²) < 4.78 is 14.1. The Balaban J connectivity index is 1.81. The maximum Gasteiger partial charge on any atom is 0.272 e. The number of nitro groups is 1. The molecule has 2 aliphatic rings. The van der Waals surface area contributed by atoms with Gasteiger partial charge in [-0.2, -0.15) is 0 Å². The number of amides is 1. The molecular formula is C14H16FN3O3. The Labute approximate surface area is 121 Å². The SMILES string of the molecule is O=C1C(NC2CC2)CCCN1c1ccc([N+](=O)[O-])cc1F. The molecule has 1 amide bonds. The van der Waals surface area contributed by atoms with Crippen molar-refractivity contribution in [1.29, 1.82) is 0 Å². The fourth-order valence-electron chi connectivity index (χ4n) is 2.63. The first kappa shape index (κ1) is 13.9. The van der Waals surface area contributed by atoms with Crippen LogP contribution in [-0.2, 0) is 4.79 Å². The molecule has 6 nitrogen and oxygen atoms in total. The molecule has 0 aromatic heterocycles. The predicted molar refractivity (Wildman–Crippen MR) is 74.6 cm³/mol. The van der Waals surface area contributed by atoms with E-state index in [0.717, 1.165) is 31.7 Å². The number of non-ortho nitro benzene ring substituents is 1. The topological polar surface area (TPSA) is 75.5 Å². The number of carbonyl (C=O) groups excluding carboxylic acids is 1. The molecule has 1 aliphatic heterocycles. The molecule has 21 heavy (non-hydrogen) atoms. The Morgan fingerprint density at radius 3 is 2.71 bits per heavy atom. The summed E-state index contributed by atoms with van der Waals surface area (Å²) in [6.07, 6.45) is 3.69. The van der Waals surface area contributed by atoms with Crippen molar-refractivity contribution in [2.45, 2.75) is 37.8 Å². The molecule has 1 aliphatic carbocycles. The van der Waals surface area contributed by atoms with Crippen molar-refractivity contribution in [3.8, 4) is 0 Å². The molecule has 1 N–H and O–H groups in total. The van der Waals surface area contributed by atoms with Crippen LogP contribution in [0.1, 0.15) is 25.7 Å². The molecule has 1 aromatic rings. The van der Waals surface area contributed by atoms with Crippen molar-refractivity contribution in [2.75, 3.05) is 11.4 Å². The van der Waals surface area contributed by atoms with Crippen molar-refractivity contribution >= 4 is 17.3 Å². The Hall–Kier alpha value is -2.02. The van der Waals surface area contributed by atoms with Gasteiger partial charge in [0.05, 0.1) is 22.7 Å². The van der Waals surface area contributed by atoms with Crippen LogP contribution < -0.4 is 10.2 Å². The zero-order valence-electron chi connectivity index (χ0n) is 11.4. The molecular weight excluding hydrogens is 277 g/mol. The number of carbonyl (C=O) groups is 1. The standard InChI is InChI=1S/C14H16FN3O3/c15-11-8-10(18(20)21)5-6-13(11)17-7-1-2-12(14(17)19)16-9-3-4-9/h5-6,8-9,12,16H,1-4,7H2. The van der Waals surface area contributed by atoms with Crippen LogP contribution >= 0.6 is 0 Å². The summed E-state index contributed by atoms with van der Waals surface area (Å²) in [6, 6.07) is 3.52. The quantitative estimate of drug-likeness (QED) is 0.680. The summed E-state index contributed by atoms with van der Waals surface area (Å²) in [6.45, 7) is 0.441. The zero-order chi connectivity index (χ0) is 15.0.